The van der Waals surface area contributed by atoms with Crippen molar-refractivity contribution in [2.45, 2.75) is 31.3 Å². The fraction of sp³-hybridized carbons (Fsp3) is 0.538. The van der Waals surface area contributed by atoms with E-state index in [0.717, 1.165) is 25.7 Å². The second-order valence-electron chi connectivity index (χ2n) is 4.68. The van der Waals surface area contributed by atoms with E-state index in [9.17, 15) is 9.90 Å². The van der Waals surface area contributed by atoms with Crippen LogP contribution in [0.1, 0.15) is 36.0 Å². The van der Waals surface area contributed by atoms with E-state index in [0.29, 0.717) is 17.9 Å². The molecule has 1 fully saturated rings. The summed E-state index contributed by atoms with van der Waals surface area (Å²) in [5, 5.41) is 13.3. The molecule has 0 bridgehead atoms. The van der Waals surface area contributed by atoms with Gasteiger partial charge in [-0.3, -0.25) is 0 Å². The summed E-state index contributed by atoms with van der Waals surface area (Å²) in [7, 11) is 1.34. The van der Waals surface area contributed by atoms with Crippen LogP contribution in [0.15, 0.2) is 18.3 Å². The lowest BCUT2D eigenvalue weighted by atomic mass is 10.0. The van der Waals surface area contributed by atoms with E-state index in [-0.39, 0.29) is 0 Å². The molecule has 98 valence electrons. The lowest BCUT2D eigenvalue weighted by molar-refractivity contribution is 0.0587. The molecule has 0 unspecified atom stereocenters. The van der Waals surface area contributed by atoms with Crippen molar-refractivity contribution < 1.29 is 14.6 Å². The molecule has 0 saturated heterocycles. The van der Waals surface area contributed by atoms with E-state index in [1.807, 2.05) is 0 Å². The Morgan fingerprint density at radius 2 is 2.28 bits per heavy atom. The normalized spacial score (nSPS) is 17.4. The van der Waals surface area contributed by atoms with Gasteiger partial charge in [-0.2, -0.15) is 0 Å². The molecule has 0 aromatic carbocycles. The van der Waals surface area contributed by atoms with Gasteiger partial charge in [0.25, 0.3) is 0 Å². The first kappa shape index (κ1) is 12.8. The zero-order valence-electron chi connectivity index (χ0n) is 10.5. The van der Waals surface area contributed by atoms with Crippen molar-refractivity contribution in [2.75, 3.05) is 19.0 Å². The van der Waals surface area contributed by atoms with Crippen molar-refractivity contribution in [1.29, 1.82) is 0 Å². The number of nitrogens with one attached hydrogen (secondary N) is 1. The highest BCUT2D eigenvalue weighted by atomic mass is 16.5. The highest BCUT2D eigenvalue weighted by molar-refractivity contribution is 5.94. The first-order valence-corrected chi connectivity index (χ1v) is 6.14. The maximum absolute atomic E-state index is 11.5. The minimum atomic E-state index is -0.676. The van der Waals surface area contributed by atoms with Crippen LogP contribution in [0.5, 0.6) is 0 Å². The van der Waals surface area contributed by atoms with Gasteiger partial charge in [0.2, 0.25) is 0 Å². The number of pyridine rings is 1. The maximum Gasteiger partial charge on any atom is 0.341 e. The minimum absolute atomic E-state index is 0.390. The summed E-state index contributed by atoms with van der Waals surface area (Å²) >= 11 is 0. The molecule has 2 rings (SSSR count). The van der Waals surface area contributed by atoms with Gasteiger partial charge in [-0.15, -0.1) is 0 Å². The number of aromatic nitrogens is 1. The molecule has 1 saturated carbocycles. The first-order chi connectivity index (χ1) is 8.64. The molecule has 1 aliphatic rings. The van der Waals surface area contributed by atoms with E-state index in [2.05, 4.69) is 10.3 Å². The number of esters is 1. The van der Waals surface area contributed by atoms with Crippen molar-refractivity contribution in [1.82, 2.24) is 4.98 Å². The Bertz CT molecular complexity index is 428. The van der Waals surface area contributed by atoms with Crippen molar-refractivity contribution >= 4 is 11.8 Å². The number of ether oxygens (including phenoxy) is 1. The molecule has 1 aromatic heterocycles. The van der Waals surface area contributed by atoms with E-state index >= 15 is 0 Å². The Morgan fingerprint density at radius 3 is 2.94 bits per heavy atom. The fourth-order valence-corrected chi connectivity index (χ4v) is 2.28. The van der Waals surface area contributed by atoms with Gasteiger partial charge >= 0.3 is 5.97 Å². The third kappa shape index (κ3) is 2.79. The summed E-state index contributed by atoms with van der Waals surface area (Å²) in [5.74, 6) is 0.0358. The van der Waals surface area contributed by atoms with E-state index in [1.165, 1.54) is 7.11 Å². The first-order valence-electron chi connectivity index (χ1n) is 6.14. The summed E-state index contributed by atoms with van der Waals surface area (Å²) in [6.07, 6.45) is 5.28. The van der Waals surface area contributed by atoms with Gasteiger partial charge in [0, 0.05) is 12.7 Å². The van der Waals surface area contributed by atoms with Crippen LogP contribution in [0.2, 0.25) is 0 Å². The van der Waals surface area contributed by atoms with Gasteiger partial charge in [0.15, 0.2) is 0 Å². The molecule has 2 N–H and O–H groups in total. The Balaban J connectivity index is 2.07. The van der Waals surface area contributed by atoms with Crippen LogP contribution >= 0.6 is 0 Å². The topological polar surface area (TPSA) is 71.5 Å². The highest BCUT2D eigenvalue weighted by Gasteiger charge is 2.31. The van der Waals surface area contributed by atoms with Gasteiger partial charge in [0.05, 0.1) is 12.7 Å². The number of hydrogen-bond donors (Lipinski definition) is 2. The Morgan fingerprint density at radius 1 is 1.56 bits per heavy atom. The second kappa shape index (κ2) is 5.35. The van der Waals surface area contributed by atoms with Crippen LogP contribution in [-0.2, 0) is 4.74 Å². The van der Waals surface area contributed by atoms with Crippen LogP contribution < -0.4 is 5.32 Å². The van der Waals surface area contributed by atoms with Crippen LogP contribution in [0.25, 0.3) is 0 Å². The number of carbonyl (C=O) groups excluding carboxylic acids is 1. The fourth-order valence-electron chi connectivity index (χ4n) is 2.28. The van der Waals surface area contributed by atoms with E-state index in [1.54, 1.807) is 18.3 Å². The molecule has 1 aliphatic carbocycles. The number of rotatable bonds is 4. The third-order valence-electron chi connectivity index (χ3n) is 3.33. The highest BCUT2D eigenvalue weighted by Crippen LogP contribution is 2.29. The molecule has 0 aliphatic heterocycles. The van der Waals surface area contributed by atoms with Crippen LogP contribution in [0, 0.1) is 0 Å². The van der Waals surface area contributed by atoms with Gasteiger partial charge < -0.3 is 15.2 Å². The second-order valence-corrected chi connectivity index (χ2v) is 4.68. The molecular weight excluding hydrogens is 232 g/mol. The van der Waals surface area contributed by atoms with Crippen molar-refractivity contribution in [3.8, 4) is 0 Å². The number of carbonyl (C=O) groups is 1. The minimum Gasteiger partial charge on any atom is -0.465 e. The van der Waals surface area contributed by atoms with Gasteiger partial charge in [-0.25, -0.2) is 9.78 Å². The average molecular weight is 250 g/mol. The zero-order chi connectivity index (χ0) is 13.0. The van der Waals surface area contributed by atoms with Gasteiger partial charge in [-0.05, 0) is 25.0 Å². The Labute approximate surface area is 106 Å². The molecule has 0 spiro atoms. The number of aliphatic hydroxyl groups is 1. The molecule has 5 heteroatoms. The van der Waals surface area contributed by atoms with Gasteiger partial charge in [0.1, 0.15) is 11.4 Å². The molecule has 0 radical (unpaired) electrons. The Hall–Kier alpha value is -1.62. The standard InChI is InChI=1S/C13H18N2O3/c1-18-12(16)10-5-4-8-14-11(10)15-9-13(17)6-2-3-7-13/h4-5,8,17H,2-3,6-7,9H2,1H3,(H,14,15). The van der Waals surface area contributed by atoms with Crippen LogP contribution in [0.3, 0.4) is 0 Å². The van der Waals surface area contributed by atoms with E-state index < -0.39 is 11.6 Å². The van der Waals surface area contributed by atoms with Crippen molar-refractivity contribution in [3.05, 3.63) is 23.9 Å². The number of methoxy groups -OCH3 is 1. The average Bonchev–Trinajstić information content (AvgIpc) is 2.83. The van der Waals surface area contributed by atoms with Crippen molar-refractivity contribution in [3.63, 3.8) is 0 Å². The summed E-state index contributed by atoms with van der Waals surface area (Å²) in [5.41, 5.74) is -0.285. The SMILES string of the molecule is COC(=O)c1cccnc1NCC1(O)CCCC1. The van der Waals surface area contributed by atoms with Crippen molar-refractivity contribution in [2.24, 2.45) is 0 Å². The molecule has 1 aromatic rings. The third-order valence-corrected chi connectivity index (χ3v) is 3.33. The van der Waals surface area contributed by atoms with Crippen LogP contribution in [-0.4, -0.2) is 35.3 Å². The predicted octanol–water partition coefficient (Wildman–Crippen LogP) is 1.59. The Kier molecular flexibility index (Phi) is 3.81. The van der Waals surface area contributed by atoms with E-state index in [4.69, 9.17) is 4.74 Å². The predicted molar refractivity (Wildman–Crippen MR) is 67.5 cm³/mol. The molecule has 0 amide bonds. The van der Waals surface area contributed by atoms with Gasteiger partial charge in [-0.1, -0.05) is 12.8 Å². The lowest BCUT2D eigenvalue weighted by Crippen LogP contribution is -2.34. The number of hydrogen-bond acceptors (Lipinski definition) is 5. The number of nitrogens with zero attached hydrogens (tertiary/aromatic N) is 1. The molecular formula is C13H18N2O3. The molecule has 18 heavy (non-hydrogen) atoms. The summed E-state index contributed by atoms with van der Waals surface area (Å²) in [6.45, 7) is 0.411. The smallest absolute Gasteiger partial charge is 0.341 e. The summed E-state index contributed by atoms with van der Waals surface area (Å²) in [6, 6.07) is 3.33. The summed E-state index contributed by atoms with van der Waals surface area (Å²) < 4.78 is 4.69. The molecule has 0 atom stereocenters. The van der Waals surface area contributed by atoms with Crippen LogP contribution in [0.4, 0.5) is 5.82 Å². The monoisotopic (exact) mass is 250 g/mol. The lowest BCUT2D eigenvalue weighted by Gasteiger charge is -2.23. The molecule has 5 nitrogen and oxygen atoms in total. The number of anilines is 1. The maximum atomic E-state index is 11.5. The molecule has 1 heterocycles. The zero-order valence-corrected chi connectivity index (χ0v) is 10.5. The summed E-state index contributed by atoms with van der Waals surface area (Å²) in [4.78, 5) is 15.7. The largest absolute Gasteiger partial charge is 0.465 e. The quantitative estimate of drug-likeness (QED) is 0.794.